The summed E-state index contributed by atoms with van der Waals surface area (Å²) in [5, 5.41) is 6.97. The number of piperazine rings is 1. The standard InChI is InChI=1S/C22H32N4O3/c1-4-25-12-14-26(15-13-25)11-7-10-23-22(27)19-8-5-6-9-21(19)28-16-20-17(2)24-29-18(20)3/h5-6,8-9H,4,7,10-16H2,1-3H3,(H,23,27). The number of likely N-dealkylation sites (N-methyl/N-ethyl adjacent to an activating group) is 1. The summed E-state index contributed by atoms with van der Waals surface area (Å²) in [5.41, 5.74) is 2.28. The first kappa shape index (κ1) is 21.3. The zero-order valence-electron chi connectivity index (χ0n) is 17.7. The maximum Gasteiger partial charge on any atom is 0.255 e. The number of rotatable bonds is 9. The van der Waals surface area contributed by atoms with Gasteiger partial charge in [0.1, 0.15) is 18.1 Å². The first-order valence-corrected chi connectivity index (χ1v) is 10.4. The Morgan fingerprint density at radius 1 is 1.17 bits per heavy atom. The molecule has 1 aromatic heterocycles. The maximum atomic E-state index is 12.7. The van der Waals surface area contributed by atoms with Crippen LogP contribution in [-0.2, 0) is 6.61 Å². The normalized spacial score (nSPS) is 15.4. The molecule has 2 heterocycles. The molecule has 7 heteroatoms. The fraction of sp³-hybridized carbons (Fsp3) is 0.545. The third-order valence-electron chi connectivity index (χ3n) is 5.53. The van der Waals surface area contributed by atoms with Crippen molar-refractivity contribution in [3.8, 4) is 5.75 Å². The molecular formula is C22H32N4O3. The summed E-state index contributed by atoms with van der Waals surface area (Å²) in [7, 11) is 0. The molecule has 0 radical (unpaired) electrons. The lowest BCUT2D eigenvalue weighted by molar-refractivity contribution is 0.0943. The molecular weight excluding hydrogens is 368 g/mol. The van der Waals surface area contributed by atoms with Gasteiger partial charge in [0, 0.05) is 32.7 Å². The first-order valence-electron chi connectivity index (χ1n) is 10.4. The molecule has 1 saturated heterocycles. The van der Waals surface area contributed by atoms with Crippen LogP contribution in [0.1, 0.15) is 40.7 Å². The zero-order valence-corrected chi connectivity index (χ0v) is 17.7. The van der Waals surface area contributed by atoms with Crippen LogP contribution < -0.4 is 10.1 Å². The van der Waals surface area contributed by atoms with Crippen LogP contribution in [0.3, 0.4) is 0 Å². The molecule has 2 aromatic rings. The second-order valence-corrected chi connectivity index (χ2v) is 7.47. The summed E-state index contributed by atoms with van der Waals surface area (Å²) >= 11 is 0. The van der Waals surface area contributed by atoms with Gasteiger partial charge >= 0.3 is 0 Å². The van der Waals surface area contributed by atoms with Gasteiger partial charge in [0.25, 0.3) is 5.91 Å². The topological polar surface area (TPSA) is 70.8 Å². The van der Waals surface area contributed by atoms with Gasteiger partial charge < -0.3 is 24.4 Å². The van der Waals surface area contributed by atoms with Crippen LogP contribution in [0.2, 0.25) is 0 Å². The number of aryl methyl sites for hydroxylation is 2. The first-order chi connectivity index (χ1) is 14.1. The lowest BCUT2D eigenvalue weighted by atomic mass is 10.1. The number of carbonyl (C=O) groups is 1. The molecule has 0 saturated carbocycles. The fourth-order valence-corrected chi connectivity index (χ4v) is 3.57. The van der Waals surface area contributed by atoms with Crippen molar-refractivity contribution in [1.29, 1.82) is 0 Å². The SMILES string of the molecule is CCN1CCN(CCCNC(=O)c2ccccc2OCc2c(C)noc2C)CC1. The van der Waals surface area contributed by atoms with Crippen LogP contribution >= 0.6 is 0 Å². The molecule has 1 aliphatic heterocycles. The molecule has 0 spiro atoms. The summed E-state index contributed by atoms with van der Waals surface area (Å²) in [6.07, 6.45) is 0.944. The number of hydrogen-bond donors (Lipinski definition) is 1. The second kappa shape index (κ2) is 10.4. The van der Waals surface area contributed by atoms with E-state index in [2.05, 4.69) is 27.2 Å². The largest absolute Gasteiger partial charge is 0.488 e. The van der Waals surface area contributed by atoms with E-state index in [1.165, 1.54) is 0 Å². The number of benzene rings is 1. The highest BCUT2D eigenvalue weighted by Gasteiger charge is 2.16. The minimum atomic E-state index is -0.102. The monoisotopic (exact) mass is 400 g/mol. The van der Waals surface area contributed by atoms with E-state index in [0.29, 0.717) is 24.5 Å². The minimum Gasteiger partial charge on any atom is -0.488 e. The Morgan fingerprint density at radius 2 is 1.90 bits per heavy atom. The number of para-hydroxylation sites is 1. The predicted molar refractivity (Wildman–Crippen MR) is 112 cm³/mol. The molecule has 1 fully saturated rings. The van der Waals surface area contributed by atoms with Crippen LogP contribution in [-0.4, -0.2) is 66.7 Å². The number of amides is 1. The van der Waals surface area contributed by atoms with Crippen molar-refractivity contribution in [3.05, 3.63) is 46.8 Å². The lowest BCUT2D eigenvalue weighted by Crippen LogP contribution is -2.46. The van der Waals surface area contributed by atoms with Gasteiger partial charge in [0.15, 0.2) is 0 Å². The van der Waals surface area contributed by atoms with E-state index >= 15 is 0 Å². The van der Waals surface area contributed by atoms with Gasteiger partial charge in [0.2, 0.25) is 0 Å². The highest BCUT2D eigenvalue weighted by atomic mass is 16.5. The number of ether oxygens (including phenoxy) is 1. The molecule has 3 rings (SSSR count). The van der Waals surface area contributed by atoms with Crippen molar-refractivity contribution >= 4 is 5.91 Å². The average molecular weight is 401 g/mol. The van der Waals surface area contributed by atoms with Gasteiger partial charge in [-0.3, -0.25) is 4.79 Å². The number of carbonyl (C=O) groups excluding carboxylic acids is 1. The van der Waals surface area contributed by atoms with Crippen LogP contribution in [0.15, 0.2) is 28.8 Å². The Labute approximate surface area is 173 Å². The Bertz CT molecular complexity index is 778. The summed E-state index contributed by atoms with van der Waals surface area (Å²) in [6, 6.07) is 7.34. The van der Waals surface area contributed by atoms with E-state index in [4.69, 9.17) is 9.26 Å². The van der Waals surface area contributed by atoms with Crippen molar-refractivity contribution in [3.63, 3.8) is 0 Å². The molecule has 0 aliphatic carbocycles. The van der Waals surface area contributed by atoms with Crippen molar-refractivity contribution in [2.45, 2.75) is 33.8 Å². The predicted octanol–water partition coefficient (Wildman–Crippen LogP) is 2.63. The highest BCUT2D eigenvalue weighted by molar-refractivity contribution is 5.96. The summed E-state index contributed by atoms with van der Waals surface area (Å²) in [4.78, 5) is 17.6. The van der Waals surface area contributed by atoms with Crippen LogP contribution in [0.5, 0.6) is 5.75 Å². The molecule has 0 unspecified atom stereocenters. The summed E-state index contributed by atoms with van der Waals surface area (Å²) in [5.74, 6) is 1.21. The molecule has 1 N–H and O–H groups in total. The lowest BCUT2D eigenvalue weighted by Gasteiger charge is -2.33. The van der Waals surface area contributed by atoms with E-state index in [1.54, 1.807) is 6.07 Å². The van der Waals surface area contributed by atoms with E-state index < -0.39 is 0 Å². The van der Waals surface area contributed by atoms with Gasteiger partial charge in [-0.05, 0) is 45.5 Å². The number of nitrogens with zero attached hydrogens (tertiary/aromatic N) is 3. The van der Waals surface area contributed by atoms with Gasteiger partial charge in [0.05, 0.1) is 16.8 Å². The van der Waals surface area contributed by atoms with Crippen molar-refractivity contribution in [1.82, 2.24) is 20.3 Å². The van der Waals surface area contributed by atoms with E-state index in [-0.39, 0.29) is 5.91 Å². The van der Waals surface area contributed by atoms with Crippen molar-refractivity contribution in [2.75, 3.05) is 45.8 Å². The number of nitrogens with one attached hydrogen (secondary N) is 1. The van der Waals surface area contributed by atoms with Crippen LogP contribution in [0.25, 0.3) is 0 Å². The van der Waals surface area contributed by atoms with E-state index in [9.17, 15) is 4.79 Å². The van der Waals surface area contributed by atoms with E-state index in [0.717, 1.165) is 62.7 Å². The molecule has 0 atom stereocenters. The molecule has 1 amide bonds. The molecule has 7 nitrogen and oxygen atoms in total. The Balaban J connectivity index is 1.46. The Morgan fingerprint density at radius 3 is 2.59 bits per heavy atom. The van der Waals surface area contributed by atoms with E-state index in [1.807, 2.05) is 32.0 Å². The van der Waals surface area contributed by atoms with Gasteiger partial charge in [-0.25, -0.2) is 0 Å². The molecule has 158 valence electrons. The summed E-state index contributed by atoms with van der Waals surface area (Å²) in [6.45, 7) is 13.6. The molecule has 1 aromatic carbocycles. The van der Waals surface area contributed by atoms with Crippen LogP contribution in [0, 0.1) is 13.8 Å². The van der Waals surface area contributed by atoms with Gasteiger partial charge in [-0.1, -0.05) is 24.2 Å². The zero-order chi connectivity index (χ0) is 20.6. The van der Waals surface area contributed by atoms with Gasteiger partial charge in [-0.2, -0.15) is 0 Å². The molecule has 29 heavy (non-hydrogen) atoms. The number of aromatic nitrogens is 1. The smallest absolute Gasteiger partial charge is 0.255 e. The number of hydrogen-bond acceptors (Lipinski definition) is 6. The second-order valence-electron chi connectivity index (χ2n) is 7.47. The van der Waals surface area contributed by atoms with Crippen molar-refractivity contribution < 1.29 is 14.1 Å². The molecule has 1 aliphatic rings. The summed E-state index contributed by atoms with van der Waals surface area (Å²) < 4.78 is 11.1. The van der Waals surface area contributed by atoms with Crippen molar-refractivity contribution in [2.24, 2.45) is 0 Å². The average Bonchev–Trinajstić information content (AvgIpc) is 3.07. The minimum absolute atomic E-state index is 0.102. The maximum absolute atomic E-state index is 12.7. The van der Waals surface area contributed by atoms with Gasteiger partial charge in [-0.15, -0.1) is 0 Å². The Hall–Kier alpha value is -2.38. The third-order valence-corrected chi connectivity index (χ3v) is 5.53. The fourth-order valence-electron chi connectivity index (χ4n) is 3.57. The highest BCUT2D eigenvalue weighted by Crippen LogP contribution is 2.21. The Kier molecular flexibility index (Phi) is 7.66. The molecule has 0 bridgehead atoms. The quantitative estimate of drug-likeness (QED) is 0.653. The van der Waals surface area contributed by atoms with Crippen LogP contribution in [0.4, 0.5) is 0 Å². The third kappa shape index (κ3) is 5.81.